The Kier molecular flexibility index (Phi) is 4.82. The number of hydrogen-bond donors (Lipinski definition) is 0. The van der Waals surface area contributed by atoms with Gasteiger partial charge in [-0.05, 0) is 55.3 Å². The lowest BCUT2D eigenvalue weighted by Crippen LogP contribution is -2.51. The molecule has 154 valence electrons. The molecule has 8 heteroatoms. The van der Waals surface area contributed by atoms with E-state index in [0.29, 0.717) is 11.1 Å². The van der Waals surface area contributed by atoms with E-state index < -0.39 is 27.7 Å². The van der Waals surface area contributed by atoms with E-state index in [9.17, 15) is 22.0 Å². The molecular weight excluding hydrogens is 410 g/mol. The normalized spacial score (nSPS) is 15.3. The predicted molar refractivity (Wildman–Crippen MR) is 110 cm³/mol. The molecule has 0 unspecified atom stereocenters. The van der Waals surface area contributed by atoms with E-state index in [-0.39, 0.29) is 22.8 Å². The molecule has 2 amide bonds. The Morgan fingerprint density at radius 2 is 1.60 bits per heavy atom. The number of anilines is 2. The highest BCUT2D eigenvalue weighted by Crippen LogP contribution is 2.39. The fraction of sp³-hybridized carbons (Fsp3) is 0.136. The Hall–Kier alpha value is -3.26. The largest absolute Gasteiger partial charge is 0.343 e. The number of urea groups is 1. The van der Waals surface area contributed by atoms with Gasteiger partial charge in [0.15, 0.2) is 11.6 Å². The third kappa shape index (κ3) is 3.23. The Morgan fingerprint density at radius 1 is 0.867 bits per heavy atom. The van der Waals surface area contributed by atoms with Gasteiger partial charge in [-0.15, -0.1) is 0 Å². The standard InChI is InChI=1S/C22H18F2N2O3S/c1-14-7-10-19(15(2)11-14)26-22(27)25(13-16-8-9-17(23)18(24)12-16)20-5-3-4-6-21(20)30(26,28)29/h3-12H,13H2,1-2H3. The van der Waals surface area contributed by atoms with Gasteiger partial charge in [-0.2, -0.15) is 4.31 Å². The van der Waals surface area contributed by atoms with E-state index in [0.717, 1.165) is 22.0 Å². The maximum atomic E-state index is 13.7. The lowest BCUT2D eigenvalue weighted by atomic mass is 10.1. The minimum atomic E-state index is -4.15. The average Bonchev–Trinajstić information content (AvgIpc) is 2.69. The van der Waals surface area contributed by atoms with Gasteiger partial charge in [0.25, 0.3) is 10.0 Å². The fourth-order valence-electron chi connectivity index (χ4n) is 3.55. The monoisotopic (exact) mass is 428 g/mol. The first-order valence-corrected chi connectivity index (χ1v) is 10.6. The first kappa shape index (κ1) is 20.0. The summed E-state index contributed by atoms with van der Waals surface area (Å²) < 4.78 is 54.4. The van der Waals surface area contributed by atoms with Crippen LogP contribution in [0.1, 0.15) is 16.7 Å². The van der Waals surface area contributed by atoms with E-state index in [2.05, 4.69) is 0 Å². The molecule has 0 aliphatic carbocycles. The van der Waals surface area contributed by atoms with E-state index in [4.69, 9.17) is 0 Å². The van der Waals surface area contributed by atoms with Crippen LogP contribution in [0.25, 0.3) is 0 Å². The molecule has 4 rings (SSSR count). The van der Waals surface area contributed by atoms with Crippen LogP contribution in [0.4, 0.5) is 25.0 Å². The molecule has 0 saturated carbocycles. The van der Waals surface area contributed by atoms with Crippen molar-refractivity contribution in [1.82, 2.24) is 0 Å². The molecular formula is C22H18F2N2O3S. The van der Waals surface area contributed by atoms with Crippen molar-refractivity contribution in [1.29, 1.82) is 0 Å². The van der Waals surface area contributed by atoms with Crippen molar-refractivity contribution in [2.75, 3.05) is 9.21 Å². The number of amides is 2. The minimum Gasteiger partial charge on any atom is -0.287 e. The summed E-state index contributed by atoms with van der Waals surface area (Å²) in [6.45, 7) is 3.48. The fourth-order valence-corrected chi connectivity index (χ4v) is 5.21. The minimum absolute atomic E-state index is 0.0350. The summed E-state index contributed by atoms with van der Waals surface area (Å²) in [5.74, 6) is -2.03. The highest BCUT2D eigenvalue weighted by Gasteiger charge is 2.42. The summed E-state index contributed by atoms with van der Waals surface area (Å²) in [6, 6.07) is 13.8. The molecule has 0 aromatic heterocycles. The topological polar surface area (TPSA) is 57.7 Å². The van der Waals surface area contributed by atoms with E-state index in [1.807, 2.05) is 6.92 Å². The van der Waals surface area contributed by atoms with Gasteiger partial charge in [0, 0.05) is 0 Å². The SMILES string of the molecule is Cc1ccc(N2C(=O)N(Cc3ccc(F)c(F)c3)c3ccccc3S2(=O)=O)c(C)c1. The second-order valence-corrected chi connectivity index (χ2v) is 8.90. The van der Waals surface area contributed by atoms with Gasteiger partial charge in [-0.25, -0.2) is 22.0 Å². The molecule has 0 radical (unpaired) electrons. The number of aryl methyl sites for hydroxylation is 2. The Labute approximate surface area is 173 Å². The van der Waals surface area contributed by atoms with Gasteiger partial charge in [0.2, 0.25) is 0 Å². The van der Waals surface area contributed by atoms with Crippen LogP contribution in [0.15, 0.2) is 65.6 Å². The quantitative estimate of drug-likeness (QED) is 0.595. The van der Waals surface area contributed by atoms with Gasteiger partial charge in [-0.1, -0.05) is 35.9 Å². The van der Waals surface area contributed by atoms with Crippen molar-refractivity contribution in [3.05, 3.63) is 89.0 Å². The summed E-state index contributed by atoms with van der Waals surface area (Å²) in [7, 11) is -4.15. The van der Waals surface area contributed by atoms with Crippen LogP contribution in [0.2, 0.25) is 0 Å². The van der Waals surface area contributed by atoms with Gasteiger partial charge >= 0.3 is 6.03 Å². The zero-order valence-electron chi connectivity index (χ0n) is 16.3. The molecule has 0 spiro atoms. The number of para-hydroxylation sites is 1. The van der Waals surface area contributed by atoms with Crippen LogP contribution in [0.5, 0.6) is 0 Å². The van der Waals surface area contributed by atoms with E-state index in [1.54, 1.807) is 37.3 Å². The number of fused-ring (bicyclic) bond motifs is 1. The number of benzene rings is 3. The predicted octanol–water partition coefficient (Wildman–Crippen LogP) is 4.92. The van der Waals surface area contributed by atoms with Gasteiger partial charge < -0.3 is 0 Å². The highest BCUT2D eigenvalue weighted by atomic mass is 32.2. The zero-order chi connectivity index (χ0) is 21.6. The number of rotatable bonds is 3. The van der Waals surface area contributed by atoms with Crippen molar-refractivity contribution in [3.8, 4) is 0 Å². The van der Waals surface area contributed by atoms with Crippen LogP contribution in [0, 0.1) is 25.5 Å². The second-order valence-electron chi connectivity index (χ2n) is 7.14. The number of carbonyl (C=O) groups is 1. The van der Waals surface area contributed by atoms with Crippen LogP contribution in [-0.2, 0) is 16.6 Å². The van der Waals surface area contributed by atoms with Crippen molar-refractivity contribution >= 4 is 27.4 Å². The molecule has 0 atom stereocenters. The Bertz CT molecular complexity index is 1280. The number of carbonyl (C=O) groups excluding carboxylic acids is 1. The molecule has 3 aromatic rings. The van der Waals surface area contributed by atoms with E-state index in [1.165, 1.54) is 23.1 Å². The molecule has 0 saturated heterocycles. The van der Waals surface area contributed by atoms with Gasteiger partial charge in [0.1, 0.15) is 4.90 Å². The maximum absolute atomic E-state index is 13.7. The third-order valence-corrected chi connectivity index (χ3v) is 6.71. The molecule has 3 aromatic carbocycles. The number of halogens is 2. The Balaban J connectivity index is 1.88. The molecule has 0 bridgehead atoms. The first-order chi connectivity index (χ1) is 14.2. The molecule has 0 N–H and O–H groups in total. The van der Waals surface area contributed by atoms with Gasteiger partial charge in [-0.3, -0.25) is 4.90 Å². The summed E-state index contributed by atoms with van der Waals surface area (Å²) in [5, 5.41) is 0. The van der Waals surface area contributed by atoms with E-state index >= 15 is 0 Å². The van der Waals surface area contributed by atoms with Gasteiger partial charge in [0.05, 0.1) is 17.9 Å². The van der Waals surface area contributed by atoms with Crippen LogP contribution in [0.3, 0.4) is 0 Å². The zero-order valence-corrected chi connectivity index (χ0v) is 17.1. The lowest BCUT2D eigenvalue weighted by molar-refractivity contribution is 0.253. The van der Waals surface area contributed by atoms with Crippen molar-refractivity contribution in [3.63, 3.8) is 0 Å². The second kappa shape index (κ2) is 7.21. The summed E-state index contributed by atoms with van der Waals surface area (Å²) in [4.78, 5) is 14.6. The molecule has 0 fully saturated rings. The molecule has 1 aliphatic heterocycles. The Morgan fingerprint density at radius 3 is 2.30 bits per heavy atom. The average molecular weight is 428 g/mol. The van der Waals surface area contributed by atoms with Crippen LogP contribution < -0.4 is 9.21 Å². The third-order valence-electron chi connectivity index (χ3n) is 4.97. The summed E-state index contributed by atoms with van der Waals surface area (Å²) in [6.07, 6.45) is 0. The van der Waals surface area contributed by atoms with Crippen LogP contribution in [-0.4, -0.2) is 14.4 Å². The molecule has 30 heavy (non-hydrogen) atoms. The number of hydrogen-bond acceptors (Lipinski definition) is 3. The smallest absolute Gasteiger partial charge is 0.287 e. The van der Waals surface area contributed by atoms with Crippen molar-refractivity contribution in [2.45, 2.75) is 25.3 Å². The van der Waals surface area contributed by atoms with Crippen molar-refractivity contribution in [2.24, 2.45) is 0 Å². The first-order valence-electron chi connectivity index (χ1n) is 9.17. The maximum Gasteiger partial charge on any atom is 0.343 e. The highest BCUT2D eigenvalue weighted by molar-refractivity contribution is 7.94. The van der Waals surface area contributed by atoms with Crippen molar-refractivity contribution < 1.29 is 22.0 Å². The molecule has 1 aliphatic rings. The number of nitrogens with zero attached hydrogens (tertiary/aromatic N) is 2. The summed E-state index contributed by atoms with van der Waals surface area (Å²) >= 11 is 0. The molecule has 5 nitrogen and oxygen atoms in total. The number of sulfonamides is 1. The van der Waals surface area contributed by atoms with Crippen LogP contribution >= 0.6 is 0 Å². The summed E-state index contributed by atoms with van der Waals surface area (Å²) in [5.41, 5.74) is 2.32. The lowest BCUT2D eigenvalue weighted by Gasteiger charge is -2.36. The molecule has 1 heterocycles.